The number of hydrogen-bond acceptors (Lipinski definition) is 0. The molecule has 1 nitrogen and oxygen atoms in total. The first-order valence-electron chi connectivity index (χ1n) is 7.28. The Morgan fingerprint density at radius 3 is 2.70 bits per heavy atom. The number of benzene rings is 2. The van der Waals surface area contributed by atoms with Crippen molar-refractivity contribution in [3.05, 3.63) is 65.9 Å². The van der Waals surface area contributed by atoms with Crippen molar-refractivity contribution in [3.8, 4) is 11.3 Å². The highest BCUT2D eigenvalue weighted by Gasteiger charge is 2.28. The Bertz CT molecular complexity index is 815. The third-order valence-corrected chi connectivity index (χ3v) is 4.33. The van der Waals surface area contributed by atoms with E-state index in [2.05, 4.69) is 73.1 Å². The quantitative estimate of drug-likeness (QED) is 0.450. The van der Waals surface area contributed by atoms with Crippen LogP contribution in [0.4, 0.5) is 0 Å². The van der Waals surface area contributed by atoms with Gasteiger partial charge in [0.25, 0.3) is 0 Å². The van der Waals surface area contributed by atoms with Crippen molar-refractivity contribution in [2.75, 3.05) is 0 Å². The van der Waals surface area contributed by atoms with Gasteiger partial charge in [-0.15, -0.1) is 0 Å². The van der Waals surface area contributed by atoms with E-state index in [1.807, 2.05) is 0 Å². The van der Waals surface area contributed by atoms with Crippen LogP contribution in [0.2, 0.25) is 0 Å². The van der Waals surface area contributed by atoms with Crippen molar-refractivity contribution in [1.29, 1.82) is 0 Å². The number of pyridine rings is 1. The third kappa shape index (κ3) is 1.59. The molecule has 1 heteroatoms. The maximum atomic E-state index is 2.38. The fourth-order valence-electron chi connectivity index (χ4n) is 3.21. The highest BCUT2D eigenvalue weighted by Crippen LogP contribution is 2.33. The van der Waals surface area contributed by atoms with E-state index in [-0.39, 0.29) is 0 Å². The Morgan fingerprint density at radius 1 is 1.00 bits per heavy atom. The molecule has 0 fully saturated rings. The molecule has 3 aromatic rings. The largest absolute Gasteiger partial charge is 0.221 e. The van der Waals surface area contributed by atoms with Crippen molar-refractivity contribution in [3.63, 3.8) is 0 Å². The zero-order chi connectivity index (χ0) is 13.7. The molecule has 0 bridgehead atoms. The van der Waals surface area contributed by atoms with Crippen LogP contribution in [0.15, 0.2) is 54.7 Å². The molecule has 4 rings (SSSR count). The first-order valence-corrected chi connectivity index (χ1v) is 7.28. The molecule has 1 aromatic heterocycles. The normalized spacial score (nSPS) is 12.8. The molecule has 2 heterocycles. The number of fused-ring (bicyclic) bond motifs is 5. The molecular weight excluding hydrogens is 242 g/mol. The summed E-state index contributed by atoms with van der Waals surface area (Å²) in [5.74, 6) is 0.589. The highest BCUT2D eigenvalue weighted by molar-refractivity contribution is 5.94. The molecule has 0 aliphatic carbocycles. The molecule has 0 spiro atoms. The Hall–Kier alpha value is -2.15. The van der Waals surface area contributed by atoms with E-state index in [4.69, 9.17) is 0 Å². The van der Waals surface area contributed by atoms with Crippen LogP contribution in [0, 0.1) is 0 Å². The lowest BCUT2D eigenvalue weighted by Crippen LogP contribution is -2.31. The Balaban J connectivity index is 2.00. The van der Waals surface area contributed by atoms with Gasteiger partial charge in [0.05, 0.1) is 10.9 Å². The van der Waals surface area contributed by atoms with Crippen molar-refractivity contribution in [2.24, 2.45) is 0 Å². The summed E-state index contributed by atoms with van der Waals surface area (Å²) < 4.78 is 2.37. The van der Waals surface area contributed by atoms with E-state index in [0.717, 1.165) is 6.54 Å². The molecule has 1 aliphatic heterocycles. The number of nitrogens with zero attached hydrogens (tertiary/aromatic N) is 1. The molecule has 20 heavy (non-hydrogen) atoms. The topological polar surface area (TPSA) is 3.88 Å². The van der Waals surface area contributed by atoms with Crippen LogP contribution < -0.4 is 4.57 Å². The SMILES string of the molecule is CC(C)c1ccc2c(c1)C[n+]1ccc3ccccc3c1-2. The summed E-state index contributed by atoms with van der Waals surface area (Å²) in [7, 11) is 0. The van der Waals surface area contributed by atoms with Crippen LogP contribution in [0.25, 0.3) is 22.0 Å². The lowest BCUT2D eigenvalue weighted by molar-refractivity contribution is -0.671. The molecule has 0 amide bonds. The van der Waals surface area contributed by atoms with Crippen molar-refractivity contribution in [1.82, 2.24) is 0 Å². The van der Waals surface area contributed by atoms with E-state index in [1.165, 1.54) is 33.2 Å². The van der Waals surface area contributed by atoms with E-state index in [0.29, 0.717) is 5.92 Å². The molecular formula is C19H18N+. The summed E-state index contributed by atoms with van der Waals surface area (Å²) in [5, 5.41) is 2.67. The molecule has 0 atom stereocenters. The first kappa shape index (κ1) is 11.7. The standard InChI is InChI=1S/C19H18N/c1-13(2)15-7-8-18-16(11-15)12-20-10-9-14-5-3-4-6-17(14)19(18)20/h3-11,13H,12H2,1-2H3/q+1. The average Bonchev–Trinajstić information content (AvgIpc) is 2.85. The lowest BCUT2D eigenvalue weighted by Gasteiger charge is -2.06. The van der Waals surface area contributed by atoms with Gasteiger partial charge in [-0.2, -0.15) is 4.57 Å². The van der Waals surface area contributed by atoms with Gasteiger partial charge in [0.2, 0.25) is 5.69 Å². The first-order chi connectivity index (χ1) is 9.74. The van der Waals surface area contributed by atoms with Crippen LogP contribution in [0.5, 0.6) is 0 Å². The average molecular weight is 260 g/mol. The van der Waals surface area contributed by atoms with Crippen molar-refractivity contribution >= 4 is 10.8 Å². The molecule has 0 saturated carbocycles. The monoisotopic (exact) mass is 260 g/mol. The van der Waals surface area contributed by atoms with E-state index in [1.54, 1.807) is 0 Å². The number of aromatic nitrogens is 1. The van der Waals surface area contributed by atoms with E-state index >= 15 is 0 Å². The predicted octanol–water partition coefficient (Wildman–Crippen LogP) is 4.28. The van der Waals surface area contributed by atoms with Crippen molar-refractivity contribution < 1.29 is 4.57 Å². The van der Waals surface area contributed by atoms with E-state index in [9.17, 15) is 0 Å². The van der Waals surface area contributed by atoms with Crippen molar-refractivity contribution in [2.45, 2.75) is 26.3 Å². The van der Waals surface area contributed by atoms with Crippen LogP contribution in [-0.4, -0.2) is 0 Å². The van der Waals surface area contributed by atoms with E-state index < -0.39 is 0 Å². The molecule has 0 N–H and O–H groups in total. The lowest BCUT2D eigenvalue weighted by atomic mass is 9.96. The van der Waals surface area contributed by atoms with Gasteiger partial charge in [-0.1, -0.05) is 38.1 Å². The molecule has 0 radical (unpaired) electrons. The fraction of sp³-hybridized carbons (Fsp3) is 0.211. The van der Waals surface area contributed by atoms with Gasteiger partial charge in [-0.05, 0) is 35.1 Å². The minimum Gasteiger partial charge on any atom is -0.193 e. The van der Waals surface area contributed by atoms with Gasteiger partial charge in [-0.3, -0.25) is 0 Å². The summed E-state index contributed by atoms with van der Waals surface area (Å²) in [6.45, 7) is 5.51. The van der Waals surface area contributed by atoms with Gasteiger partial charge in [0.1, 0.15) is 0 Å². The second-order valence-corrected chi connectivity index (χ2v) is 5.95. The van der Waals surface area contributed by atoms with Crippen LogP contribution >= 0.6 is 0 Å². The number of rotatable bonds is 1. The maximum absolute atomic E-state index is 2.38. The zero-order valence-corrected chi connectivity index (χ0v) is 11.9. The third-order valence-electron chi connectivity index (χ3n) is 4.33. The van der Waals surface area contributed by atoms with Gasteiger partial charge < -0.3 is 0 Å². The Kier molecular flexibility index (Phi) is 2.43. The van der Waals surface area contributed by atoms with Crippen LogP contribution in [0.3, 0.4) is 0 Å². The zero-order valence-electron chi connectivity index (χ0n) is 11.9. The van der Waals surface area contributed by atoms with Gasteiger partial charge in [-0.25, -0.2) is 0 Å². The van der Waals surface area contributed by atoms with Crippen LogP contribution in [0.1, 0.15) is 30.9 Å². The molecule has 98 valence electrons. The van der Waals surface area contributed by atoms with Crippen LogP contribution in [-0.2, 0) is 6.54 Å². The fourth-order valence-corrected chi connectivity index (χ4v) is 3.21. The second-order valence-electron chi connectivity index (χ2n) is 5.95. The molecule has 0 saturated heterocycles. The number of hydrogen-bond donors (Lipinski definition) is 0. The van der Waals surface area contributed by atoms with Gasteiger partial charge >= 0.3 is 0 Å². The smallest absolute Gasteiger partial charge is 0.193 e. The molecule has 0 unspecified atom stereocenters. The summed E-state index contributed by atoms with van der Waals surface area (Å²) in [4.78, 5) is 0. The second kappa shape index (κ2) is 4.17. The van der Waals surface area contributed by atoms with Gasteiger partial charge in [0.15, 0.2) is 12.7 Å². The minimum atomic E-state index is 0.589. The Labute approximate surface area is 119 Å². The molecule has 2 aromatic carbocycles. The maximum Gasteiger partial charge on any atom is 0.221 e. The summed E-state index contributed by atoms with van der Waals surface area (Å²) >= 11 is 0. The molecule has 1 aliphatic rings. The summed E-state index contributed by atoms with van der Waals surface area (Å²) in [5.41, 5.74) is 5.65. The van der Waals surface area contributed by atoms with Gasteiger partial charge in [0, 0.05) is 11.6 Å². The minimum absolute atomic E-state index is 0.589. The Morgan fingerprint density at radius 2 is 1.85 bits per heavy atom. The highest BCUT2D eigenvalue weighted by atomic mass is 15.0. The summed E-state index contributed by atoms with van der Waals surface area (Å²) in [6.07, 6.45) is 2.21. The predicted molar refractivity (Wildman–Crippen MR) is 82.8 cm³/mol. The summed E-state index contributed by atoms with van der Waals surface area (Å²) in [6, 6.07) is 17.8.